The lowest BCUT2D eigenvalue weighted by Gasteiger charge is -2.14. The van der Waals surface area contributed by atoms with Gasteiger partial charge in [-0.2, -0.15) is 4.98 Å². The molecule has 1 saturated heterocycles. The molecule has 1 aromatic carbocycles. The van der Waals surface area contributed by atoms with Gasteiger partial charge in [-0.05, 0) is 43.9 Å². The van der Waals surface area contributed by atoms with E-state index >= 15 is 0 Å². The smallest absolute Gasteiger partial charge is 0.237 e. The number of benzene rings is 1. The zero-order valence-corrected chi connectivity index (χ0v) is 16.1. The Morgan fingerprint density at radius 1 is 1.36 bits per heavy atom. The summed E-state index contributed by atoms with van der Waals surface area (Å²) < 4.78 is 19.7. The third kappa shape index (κ3) is 5.42. The van der Waals surface area contributed by atoms with Gasteiger partial charge in [-0.3, -0.25) is 4.79 Å². The van der Waals surface area contributed by atoms with Gasteiger partial charge in [0.05, 0.1) is 13.2 Å². The molecule has 1 amide bonds. The van der Waals surface area contributed by atoms with Crippen LogP contribution < -0.4 is 20.7 Å². The first kappa shape index (κ1) is 20.1. The van der Waals surface area contributed by atoms with Crippen molar-refractivity contribution in [1.29, 1.82) is 0 Å². The van der Waals surface area contributed by atoms with Gasteiger partial charge in [-0.1, -0.05) is 30.3 Å². The molecule has 3 rings (SSSR count). The minimum absolute atomic E-state index is 0.0805. The van der Waals surface area contributed by atoms with E-state index in [9.17, 15) is 9.18 Å². The van der Waals surface area contributed by atoms with Crippen LogP contribution >= 0.6 is 0 Å². The largest absolute Gasteiger partial charge is 0.481 e. The molecule has 2 heterocycles. The van der Waals surface area contributed by atoms with Crippen molar-refractivity contribution >= 4 is 11.7 Å². The molecule has 28 heavy (non-hydrogen) atoms. The maximum Gasteiger partial charge on any atom is 0.237 e. The van der Waals surface area contributed by atoms with Crippen LogP contribution in [0, 0.1) is 5.82 Å². The van der Waals surface area contributed by atoms with Crippen LogP contribution in [0.1, 0.15) is 30.4 Å². The summed E-state index contributed by atoms with van der Waals surface area (Å²) in [5.41, 5.74) is 1.76. The van der Waals surface area contributed by atoms with Crippen molar-refractivity contribution in [3.63, 3.8) is 0 Å². The van der Waals surface area contributed by atoms with Crippen molar-refractivity contribution in [1.82, 2.24) is 15.6 Å². The minimum atomic E-state index is -0.455. The number of hydrogen-bond donors (Lipinski definition) is 3. The molecule has 2 aromatic rings. The van der Waals surface area contributed by atoms with Crippen LogP contribution in [0.3, 0.4) is 0 Å². The molecule has 1 aliphatic rings. The first-order valence-corrected chi connectivity index (χ1v) is 9.69. The monoisotopic (exact) mass is 386 g/mol. The van der Waals surface area contributed by atoms with Crippen LogP contribution in [-0.4, -0.2) is 37.1 Å². The van der Waals surface area contributed by atoms with Crippen molar-refractivity contribution in [3.05, 3.63) is 53.3 Å². The highest BCUT2D eigenvalue weighted by atomic mass is 19.1. The zero-order valence-electron chi connectivity index (χ0n) is 16.1. The van der Waals surface area contributed by atoms with E-state index in [-0.39, 0.29) is 24.3 Å². The fraction of sp³-hybridized carbons (Fsp3) is 0.429. The molecule has 0 unspecified atom stereocenters. The standard InChI is InChI=1S/C21H27FN4O2/c1-28-21-16(14-25-20(27)18-10-6-11-23-18)13-17(22)19(26-21)24-12-5-9-15-7-3-2-4-8-15/h2-4,7-8,13,18,23H,5-6,9-12,14H2,1H3,(H,24,26)(H,25,27)/t18-/m0/s1. The first-order chi connectivity index (χ1) is 13.7. The number of amides is 1. The van der Waals surface area contributed by atoms with Crippen molar-refractivity contribution in [2.75, 3.05) is 25.5 Å². The number of nitrogens with one attached hydrogen (secondary N) is 3. The van der Waals surface area contributed by atoms with E-state index in [0.717, 1.165) is 32.2 Å². The summed E-state index contributed by atoms with van der Waals surface area (Å²) in [5.74, 6) is -0.0593. The van der Waals surface area contributed by atoms with Gasteiger partial charge in [-0.15, -0.1) is 0 Å². The summed E-state index contributed by atoms with van der Waals surface area (Å²) in [6, 6.07) is 11.4. The summed E-state index contributed by atoms with van der Waals surface area (Å²) in [6.45, 7) is 1.63. The molecule has 0 bridgehead atoms. The summed E-state index contributed by atoms with van der Waals surface area (Å²) in [7, 11) is 1.49. The molecule has 1 atom stereocenters. The van der Waals surface area contributed by atoms with E-state index in [4.69, 9.17) is 4.74 Å². The van der Waals surface area contributed by atoms with E-state index in [1.165, 1.54) is 18.7 Å². The third-order valence-corrected chi connectivity index (χ3v) is 4.82. The van der Waals surface area contributed by atoms with E-state index in [0.29, 0.717) is 18.0 Å². The summed E-state index contributed by atoms with van der Waals surface area (Å²) in [6.07, 6.45) is 3.58. The second-order valence-electron chi connectivity index (χ2n) is 6.87. The average Bonchev–Trinajstić information content (AvgIpc) is 3.26. The van der Waals surface area contributed by atoms with Gasteiger partial charge in [0.25, 0.3) is 0 Å². The molecule has 0 spiro atoms. The Hall–Kier alpha value is -2.67. The molecule has 0 radical (unpaired) electrons. The Balaban J connectivity index is 1.53. The van der Waals surface area contributed by atoms with Crippen molar-refractivity contribution in [3.8, 4) is 5.88 Å². The Labute approximate surface area is 164 Å². The number of halogens is 1. The van der Waals surface area contributed by atoms with Gasteiger partial charge in [0.2, 0.25) is 11.8 Å². The third-order valence-electron chi connectivity index (χ3n) is 4.82. The highest BCUT2D eigenvalue weighted by Gasteiger charge is 2.22. The number of aromatic nitrogens is 1. The molecule has 1 fully saturated rings. The van der Waals surface area contributed by atoms with Gasteiger partial charge in [0.1, 0.15) is 0 Å². The van der Waals surface area contributed by atoms with Gasteiger partial charge in [-0.25, -0.2) is 4.39 Å². The number of nitrogens with zero attached hydrogens (tertiary/aromatic N) is 1. The number of methoxy groups -OCH3 is 1. The Kier molecular flexibility index (Phi) is 7.19. The van der Waals surface area contributed by atoms with Crippen LogP contribution in [0.25, 0.3) is 0 Å². The second kappa shape index (κ2) is 10.0. The Morgan fingerprint density at radius 3 is 2.89 bits per heavy atom. The van der Waals surface area contributed by atoms with Crippen LogP contribution in [0.15, 0.2) is 36.4 Å². The number of carbonyl (C=O) groups excluding carboxylic acids is 1. The van der Waals surface area contributed by atoms with Crippen LogP contribution in [0.5, 0.6) is 5.88 Å². The van der Waals surface area contributed by atoms with Gasteiger partial charge in [0, 0.05) is 18.7 Å². The molecular formula is C21H27FN4O2. The molecule has 6 nitrogen and oxygen atoms in total. The molecule has 0 saturated carbocycles. The topological polar surface area (TPSA) is 75.3 Å². The highest BCUT2D eigenvalue weighted by molar-refractivity contribution is 5.82. The van der Waals surface area contributed by atoms with E-state index in [1.54, 1.807) is 0 Å². The minimum Gasteiger partial charge on any atom is -0.481 e. The maximum absolute atomic E-state index is 14.4. The van der Waals surface area contributed by atoms with Crippen LogP contribution in [0.2, 0.25) is 0 Å². The van der Waals surface area contributed by atoms with E-state index < -0.39 is 5.82 Å². The Morgan fingerprint density at radius 2 is 2.18 bits per heavy atom. The summed E-state index contributed by atoms with van der Waals surface area (Å²) in [4.78, 5) is 16.4. The lowest BCUT2D eigenvalue weighted by molar-refractivity contribution is -0.122. The number of ether oxygens (including phenoxy) is 1. The summed E-state index contributed by atoms with van der Waals surface area (Å²) in [5, 5.41) is 8.99. The number of anilines is 1. The van der Waals surface area contributed by atoms with Gasteiger partial charge >= 0.3 is 0 Å². The predicted molar refractivity (Wildman–Crippen MR) is 107 cm³/mol. The van der Waals surface area contributed by atoms with Crippen molar-refractivity contribution in [2.45, 2.75) is 38.3 Å². The van der Waals surface area contributed by atoms with Crippen molar-refractivity contribution in [2.24, 2.45) is 0 Å². The van der Waals surface area contributed by atoms with Gasteiger partial charge < -0.3 is 20.7 Å². The normalized spacial score (nSPS) is 16.0. The molecular weight excluding hydrogens is 359 g/mol. The second-order valence-corrected chi connectivity index (χ2v) is 6.87. The number of carbonyl (C=O) groups is 1. The first-order valence-electron chi connectivity index (χ1n) is 9.69. The predicted octanol–water partition coefficient (Wildman–Crippen LogP) is 2.64. The number of rotatable bonds is 9. The average molecular weight is 386 g/mol. The summed E-state index contributed by atoms with van der Waals surface area (Å²) >= 11 is 0. The SMILES string of the molecule is COc1nc(NCCCc2ccccc2)c(F)cc1CNC(=O)[C@@H]1CCCN1. The lowest BCUT2D eigenvalue weighted by Crippen LogP contribution is -2.40. The van der Waals surface area contributed by atoms with Crippen LogP contribution in [0.4, 0.5) is 10.2 Å². The molecule has 0 aliphatic carbocycles. The molecule has 150 valence electrons. The number of pyridine rings is 1. The zero-order chi connectivity index (χ0) is 19.8. The molecule has 1 aromatic heterocycles. The number of hydrogen-bond acceptors (Lipinski definition) is 5. The quantitative estimate of drug-likeness (QED) is 0.578. The number of aryl methyl sites for hydroxylation is 1. The molecule has 1 aliphatic heterocycles. The molecule has 3 N–H and O–H groups in total. The fourth-order valence-corrected chi connectivity index (χ4v) is 3.30. The fourth-order valence-electron chi connectivity index (χ4n) is 3.30. The van der Waals surface area contributed by atoms with E-state index in [2.05, 4.69) is 33.1 Å². The highest BCUT2D eigenvalue weighted by Crippen LogP contribution is 2.22. The molecule has 7 heteroatoms. The maximum atomic E-state index is 14.4. The van der Waals surface area contributed by atoms with Crippen molar-refractivity contribution < 1.29 is 13.9 Å². The van der Waals surface area contributed by atoms with Gasteiger partial charge in [0.15, 0.2) is 11.6 Å². The Bertz CT molecular complexity index is 779. The van der Waals surface area contributed by atoms with Crippen LogP contribution in [-0.2, 0) is 17.8 Å². The lowest BCUT2D eigenvalue weighted by atomic mass is 10.1. The van der Waals surface area contributed by atoms with E-state index in [1.807, 2.05) is 18.2 Å².